The van der Waals surface area contributed by atoms with Gasteiger partial charge in [-0.3, -0.25) is 4.79 Å². The van der Waals surface area contributed by atoms with E-state index in [4.69, 9.17) is 16.3 Å². The summed E-state index contributed by atoms with van der Waals surface area (Å²) in [5.74, 6) is 0.476. The Morgan fingerprint density at radius 3 is 2.23 bits per heavy atom. The van der Waals surface area contributed by atoms with Crippen LogP contribution in [-0.2, 0) is 0 Å². The fourth-order valence-corrected chi connectivity index (χ4v) is 4.50. The molecule has 0 fully saturated rings. The Hall–Kier alpha value is -3.77. The van der Waals surface area contributed by atoms with Gasteiger partial charge in [0.25, 0.3) is 5.91 Å². The Kier molecular flexibility index (Phi) is 7.12. The van der Waals surface area contributed by atoms with E-state index in [1.807, 2.05) is 83.1 Å². The highest BCUT2D eigenvalue weighted by Gasteiger charge is 2.14. The van der Waals surface area contributed by atoms with Crippen molar-refractivity contribution < 1.29 is 9.53 Å². The lowest BCUT2D eigenvalue weighted by Crippen LogP contribution is -2.18. The Balaban J connectivity index is 1.53. The van der Waals surface area contributed by atoms with Crippen LogP contribution in [0.3, 0.4) is 0 Å². The van der Waals surface area contributed by atoms with E-state index < -0.39 is 0 Å². The van der Waals surface area contributed by atoms with Crippen molar-refractivity contribution in [2.45, 2.75) is 34.6 Å². The van der Waals surface area contributed by atoms with Crippen LogP contribution in [0.5, 0.6) is 5.75 Å². The predicted octanol–water partition coefficient (Wildman–Crippen LogP) is 6.32. The largest absolute Gasteiger partial charge is 0.494 e. The second kappa shape index (κ2) is 10.2. The summed E-state index contributed by atoms with van der Waals surface area (Å²) >= 11 is 6.34. The quantitative estimate of drug-likeness (QED) is 0.244. The maximum atomic E-state index is 12.9. The second-order valence-electron chi connectivity index (χ2n) is 8.40. The predicted molar refractivity (Wildman–Crippen MR) is 142 cm³/mol. The Bertz CT molecular complexity index is 1380. The van der Waals surface area contributed by atoms with Crippen molar-refractivity contribution >= 4 is 23.7 Å². The molecule has 0 saturated heterocycles. The van der Waals surface area contributed by atoms with Crippen molar-refractivity contribution in [3.05, 3.63) is 99.6 Å². The molecule has 2 aromatic carbocycles. The third-order valence-corrected chi connectivity index (χ3v) is 6.30. The van der Waals surface area contributed by atoms with Gasteiger partial charge >= 0.3 is 0 Å². The molecule has 7 heteroatoms. The number of nitrogens with zero attached hydrogens (tertiary/aromatic N) is 3. The number of benzene rings is 2. The molecule has 2 aromatic heterocycles. The zero-order valence-corrected chi connectivity index (χ0v) is 21.3. The molecule has 0 unspecified atom stereocenters. The summed E-state index contributed by atoms with van der Waals surface area (Å²) < 4.78 is 9.76. The molecule has 0 saturated carbocycles. The standard InChI is InChI=1S/C28H29ClN4O2/c1-6-35-25-12-9-23(10-13-25)33-20(4)15-22(21(33)5)17-30-31-28(34)26-16-24(11-14-27(26)29)32-18(2)7-8-19(32)3/h7-17H,6H2,1-5H3,(H,31,34). The number of carbonyl (C=O) groups is 1. The number of nitrogens with one attached hydrogen (secondary N) is 1. The molecule has 1 amide bonds. The number of halogens is 1. The number of hydrogen-bond donors (Lipinski definition) is 1. The normalized spacial score (nSPS) is 11.3. The number of hydrazone groups is 1. The molecule has 0 aliphatic heterocycles. The van der Waals surface area contributed by atoms with Gasteiger partial charge in [0.2, 0.25) is 0 Å². The van der Waals surface area contributed by atoms with Crippen molar-refractivity contribution in [2.75, 3.05) is 6.61 Å². The molecule has 0 radical (unpaired) electrons. The zero-order valence-electron chi connectivity index (χ0n) is 20.6. The molecule has 6 nitrogen and oxygen atoms in total. The first-order valence-corrected chi connectivity index (χ1v) is 11.9. The highest BCUT2D eigenvalue weighted by molar-refractivity contribution is 6.33. The van der Waals surface area contributed by atoms with Crippen molar-refractivity contribution in [3.8, 4) is 17.1 Å². The minimum absolute atomic E-state index is 0.365. The van der Waals surface area contributed by atoms with Gasteiger partial charge in [-0.2, -0.15) is 5.10 Å². The second-order valence-corrected chi connectivity index (χ2v) is 8.81. The maximum Gasteiger partial charge on any atom is 0.272 e. The molecule has 0 aliphatic carbocycles. The van der Waals surface area contributed by atoms with Crippen LogP contribution in [0.25, 0.3) is 11.4 Å². The molecular weight excluding hydrogens is 460 g/mol. The van der Waals surface area contributed by atoms with E-state index in [2.05, 4.69) is 19.7 Å². The fraction of sp³-hybridized carbons (Fsp3) is 0.214. The number of hydrogen-bond acceptors (Lipinski definition) is 3. The van der Waals surface area contributed by atoms with Crippen LogP contribution in [0.2, 0.25) is 5.02 Å². The van der Waals surface area contributed by atoms with Crippen LogP contribution >= 0.6 is 11.6 Å². The number of aromatic nitrogens is 2. The van der Waals surface area contributed by atoms with Gasteiger partial charge in [-0.05, 0) is 95.3 Å². The van der Waals surface area contributed by atoms with Gasteiger partial charge in [-0.25, -0.2) is 5.43 Å². The van der Waals surface area contributed by atoms with E-state index in [9.17, 15) is 4.79 Å². The van der Waals surface area contributed by atoms with Crippen LogP contribution in [0.4, 0.5) is 0 Å². The Morgan fingerprint density at radius 2 is 1.57 bits per heavy atom. The van der Waals surface area contributed by atoms with E-state index >= 15 is 0 Å². The van der Waals surface area contributed by atoms with Crippen molar-refractivity contribution in [3.63, 3.8) is 0 Å². The highest BCUT2D eigenvalue weighted by Crippen LogP contribution is 2.24. The lowest BCUT2D eigenvalue weighted by molar-refractivity contribution is 0.0955. The Labute approximate surface area is 210 Å². The average molecular weight is 489 g/mol. The van der Waals surface area contributed by atoms with E-state index in [1.165, 1.54) is 0 Å². The summed E-state index contributed by atoms with van der Waals surface area (Å²) in [4.78, 5) is 12.9. The third-order valence-electron chi connectivity index (χ3n) is 5.97. The molecular formula is C28H29ClN4O2. The van der Waals surface area contributed by atoms with Gasteiger partial charge in [-0.15, -0.1) is 0 Å². The third kappa shape index (κ3) is 5.03. The minimum atomic E-state index is -0.365. The first kappa shape index (κ1) is 24.4. The summed E-state index contributed by atoms with van der Waals surface area (Å²) in [7, 11) is 0. The number of amides is 1. The van der Waals surface area contributed by atoms with Crippen LogP contribution in [0, 0.1) is 27.7 Å². The number of aryl methyl sites for hydroxylation is 3. The van der Waals surface area contributed by atoms with Crippen molar-refractivity contribution in [2.24, 2.45) is 5.10 Å². The number of rotatable bonds is 7. The van der Waals surface area contributed by atoms with E-state index in [-0.39, 0.29) is 5.91 Å². The molecule has 0 atom stereocenters. The summed E-state index contributed by atoms with van der Waals surface area (Å²) in [6, 6.07) is 19.5. The first-order valence-electron chi connectivity index (χ1n) is 11.5. The van der Waals surface area contributed by atoms with Gasteiger partial charge in [0.05, 0.1) is 23.4 Å². The molecule has 0 aliphatic rings. The van der Waals surface area contributed by atoms with Crippen LogP contribution in [0.1, 0.15) is 45.6 Å². The molecule has 0 bridgehead atoms. The molecule has 2 heterocycles. The summed E-state index contributed by atoms with van der Waals surface area (Å²) in [6.45, 7) is 10.7. The molecule has 4 aromatic rings. The van der Waals surface area contributed by atoms with Crippen LogP contribution < -0.4 is 10.2 Å². The zero-order chi connectivity index (χ0) is 25.1. The summed E-state index contributed by atoms with van der Waals surface area (Å²) in [5.41, 5.74) is 10.1. The van der Waals surface area contributed by atoms with Crippen molar-refractivity contribution in [1.29, 1.82) is 0 Å². The molecule has 4 rings (SSSR count). The fourth-order valence-electron chi connectivity index (χ4n) is 4.30. The van der Waals surface area contributed by atoms with Gasteiger partial charge in [0.15, 0.2) is 0 Å². The van der Waals surface area contributed by atoms with Crippen molar-refractivity contribution in [1.82, 2.24) is 14.6 Å². The molecule has 180 valence electrons. The molecule has 35 heavy (non-hydrogen) atoms. The summed E-state index contributed by atoms with van der Waals surface area (Å²) in [6.07, 6.45) is 1.66. The number of carbonyl (C=O) groups excluding carboxylic acids is 1. The highest BCUT2D eigenvalue weighted by atomic mass is 35.5. The monoisotopic (exact) mass is 488 g/mol. The lowest BCUT2D eigenvalue weighted by atomic mass is 10.2. The van der Waals surface area contributed by atoms with E-state index in [0.29, 0.717) is 17.2 Å². The lowest BCUT2D eigenvalue weighted by Gasteiger charge is -2.12. The van der Waals surface area contributed by atoms with Gasteiger partial charge < -0.3 is 13.9 Å². The SMILES string of the molecule is CCOc1ccc(-n2c(C)cc(C=NNC(=O)c3cc(-n4c(C)ccc4C)ccc3Cl)c2C)cc1. The topological polar surface area (TPSA) is 60.5 Å². The smallest absolute Gasteiger partial charge is 0.272 e. The minimum Gasteiger partial charge on any atom is -0.494 e. The van der Waals surface area contributed by atoms with Crippen LogP contribution in [-0.4, -0.2) is 27.9 Å². The van der Waals surface area contributed by atoms with Gasteiger partial charge in [0, 0.05) is 39.7 Å². The van der Waals surface area contributed by atoms with E-state index in [1.54, 1.807) is 18.3 Å². The Morgan fingerprint density at radius 1 is 0.914 bits per heavy atom. The molecule has 0 spiro atoms. The molecule has 1 N–H and O–H groups in total. The summed E-state index contributed by atoms with van der Waals surface area (Å²) in [5, 5.41) is 4.58. The number of ether oxygens (including phenoxy) is 1. The first-order chi connectivity index (χ1) is 16.8. The average Bonchev–Trinajstić information content (AvgIpc) is 3.32. The van der Waals surface area contributed by atoms with Gasteiger partial charge in [-0.1, -0.05) is 11.6 Å². The van der Waals surface area contributed by atoms with Crippen LogP contribution in [0.15, 0.2) is 65.8 Å². The van der Waals surface area contributed by atoms with Gasteiger partial charge in [0.1, 0.15) is 5.75 Å². The van der Waals surface area contributed by atoms with E-state index in [0.717, 1.165) is 45.5 Å². The maximum absolute atomic E-state index is 12.9.